The summed E-state index contributed by atoms with van der Waals surface area (Å²) in [5.41, 5.74) is 0.329. The fourth-order valence-electron chi connectivity index (χ4n) is 5.96. The number of Topliss-reactive ketones (excluding diaryl/α,β-unsaturated/α-hetero) is 1. The molecule has 0 aromatic carbocycles. The SMILES string of the molecule is CC1C(=O)CCC2C1CC[C@]1(C)[C@@H](C(C)O)CC[C@@H]21. The zero-order valence-electron chi connectivity index (χ0n) is 12.6. The summed E-state index contributed by atoms with van der Waals surface area (Å²) < 4.78 is 0. The van der Waals surface area contributed by atoms with E-state index in [1.165, 1.54) is 25.7 Å². The Labute approximate surface area is 117 Å². The highest BCUT2D eigenvalue weighted by Gasteiger charge is 2.56. The summed E-state index contributed by atoms with van der Waals surface area (Å²) in [7, 11) is 0. The van der Waals surface area contributed by atoms with Gasteiger partial charge < -0.3 is 5.11 Å². The summed E-state index contributed by atoms with van der Waals surface area (Å²) in [5.74, 6) is 3.39. The molecule has 19 heavy (non-hydrogen) atoms. The molecular formula is C17H28O2. The van der Waals surface area contributed by atoms with E-state index in [0.717, 1.165) is 24.7 Å². The number of carbonyl (C=O) groups is 1. The van der Waals surface area contributed by atoms with Gasteiger partial charge in [-0.25, -0.2) is 0 Å². The molecule has 4 unspecified atom stereocenters. The van der Waals surface area contributed by atoms with Crippen LogP contribution in [0.25, 0.3) is 0 Å². The third-order valence-corrected chi connectivity index (χ3v) is 7.02. The van der Waals surface area contributed by atoms with E-state index in [9.17, 15) is 9.90 Å². The van der Waals surface area contributed by atoms with Crippen molar-refractivity contribution in [3.63, 3.8) is 0 Å². The second-order valence-electron chi connectivity index (χ2n) is 7.70. The molecule has 0 aromatic rings. The largest absolute Gasteiger partial charge is 0.393 e. The number of aliphatic hydroxyl groups excluding tert-OH is 1. The molecule has 0 heterocycles. The van der Waals surface area contributed by atoms with Crippen LogP contribution in [0.3, 0.4) is 0 Å². The fraction of sp³-hybridized carbons (Fsp3) is 0.941. The van der Waals surface area contributed by atoms with Crippen LogP contribution >= 0.6 is 0 Å². The number of hydrogen-bond donors (Lipinski definition) is 1. The van der Waals surface area contributed by atoms with E-state index in [1.54, 1.807) is 0 Å². The number of aliphatic hydroxyl groups is 1. The van der Waals surface area contributed by atoms with Crippen molar-refractivity contribution in [1.82, 2.24) is 0 Å². The van der Waals surface area contributed by atoms with Crippen LogP contribution in [0.4, 0.5) is 0 Å². The van der Waals surface area contributed by atoms with Crippen molar-refractivity contribution < 1.29 is 9.90 Å². The number of ketones is 1. The summed E-state index contributed by atoms with van der Waals surface area (Å²) in [6.07, 6.45) is 6.61. The fourth-order valence-corrected chi connectivity index (χ4v) is 5.96. The van der Waals surface area contributed by atoms with Crippen LogP contribution in [0, 0.1) is 35.0 Å². The first-order valence-electron chi connectivity index (χ1n) is 8.16. The molecule has 0 spiro atoms. The topological polar surface area (TPSA) is 37.3 Å². The molecule has 0 aliphatic heterocycles. The molecule has 3 rings (SSSR count). The quantitative estimate of drug-likeness (QED) is 0.788. The lowest BCUT2D eigenvalue weighted by molar-refractivity contribution is -0.133. The summed E-state index contributed by atoms with van der Waals surface area (Å²) in [6.45, 7) is 6.54. The van der Waals surface area contributed by atoms with Crippen molar-refractivity contribution in [2.24, 2.45) is 35.0 Å². The zero-order chi connectivity index (χ0) is 13.8. The first kappa shape index (κ1) is 13.6. The molecule has 3 saturated carbocycles. The van der Waals surface area contributed by atoms with Gasteiger partial charge in [0.15, 0.2) is 0 Å². The molecule has 0 radical (unpaired) electrons. The van der Waals surface area contributed by atoms with E-state index in [2.05, 4.69) is 13.8 Å². The van der Waals surface area contributed by atoms with Gasteiger partial charge in [-0.1, -0.05) is 13.8 Å². The molecular weight excluding hydrogens is 236 g/mol. The summed E-state index contributed by atoms with van der Waals surface area (Å²) in [5, 5.41) is 10.1. The molecule has 3 aliphatic rings. The average molecular weight is 264 g/mol. The van der Waals surface area contributed by atoms with Gasteiger partial charge in [-0.05, 0) is 68.1 Å². The van der Waals surface area contributed by atoms with E-state index in [4.69, 9.17) is 0 Å². The predicted molar refractivity (Wildman–Crippen MR) is 75.6 cm³/mol. The smallest absolute Gasteiger partial charge is 0.135 e. The van der Waals surface area contributed by atoms with Gasteiger partial charge in [0.05, 0.1) is 6.10 Å². The Bertz CT molecular complexity index is 375. The second kappa shape index (κ2) is 4.58. The normalized spacial score (nSPS) is 51.6. The van der Waals surface area contributed by atoms with Crippen molar-refractivity contribution >= 4 is 5.78 Å². The number of rotatable bonds is 1. The minimum atomic E-state index is -0.172. The molecule has 0 amide bonds. The molecule has 2 heteroatoms. The molecule has 108 valence electrons. The molecule has 0 bridgehead atoms. The van der Waals surface area contributed by atoms with E-state index in [-0.39, 0.29) is 12.0 Å². The molecule has 1 N–H and O–H groups in total. The highest BCUT2D eigenvalue weighted by atomic mass is 16.3. The highest BCUT2D eigenvalue weighted by Crippen LogP contribution is 2.62. The monoisotopic (exact) mass is 264 g/mol. The van der Waals surface area contributed by atoms with Crippen LogP contribution in [-0.4, -0.2) is 17.0 Å². The summed E-state index contributed by atoms with van der Waals surface area (Å²) in [6, 6.07) is 0. The minimum Gasteiger partial charge on any atom is -0.393 e. The van der Waals surface area contributed by atoms with Gasteiger partial charge in [-0.2, -0.15) is 0 Å². The van der Waals surface area contributed by atoms with Crippen molar-refractivity contribution in [3.8, 4) is 0 Å². The van der Waals surface area contributed by atoms with E-state index >= 15 is 0 Å². The maximum atomic E-state index is 12.0. The molecule has 3 aliphatic carbocycles. The maximum Gasteiger partial charge on any atom is 0.135 e. The molecule has 2 nitrogen and oxygen atoms in total. The van der Waals surface area contributed by atoms with E-state index < -0.39 is 0 Å². The van der Waals surface area contributed by atoms with Crippen LogP contribution in [0.1, 0.15) is 59.3 Å². The third kappa shape index (κ3) is 1.90. The Morgan fingerprint density at radius 3 is 2.63 bits per heavy atom. The summed E-state index contributed by atoms with van der Waals surface area (Å²) in [4.78, 5) is 12.0. The predicted octanol–water partition coefficient (Wildman–Crippen LogP) is 3.42. The molecule has 0 saturated heterocycles. The first-order chi connectivity index (χ1) is 8.95. The van der Waals surface area contributed by atoms with Crippen molar-refractivity contribution in [1.29, 1.82) is 0 Å². The minimum absolute atomic E-state index is 0.172. The van der Waals surface area contributed by atoms with Crippen molar-refractivity contribution in [2.45, 2.75) is 65.4 Å². The highest BCUT2D eigenvalue weighted by molar-refractivity contribution is 5.81. The summed E-state index contributed by atoms with van der Waals surface area (Å²) >= 11 is 0. The molecule has 0 aromatic heterocycles. The Morgan fingerprint density at radius 1 is 1.21 bits per heavy atom. The van der Waals surface area contributed by atoms with Crippen LogP contribution in [-0.2, 0) is 4.79 Å². The van der Waals surface area contributed by atoms with Gasteiger partial charge in [0.25, 0.3) is 0 Å². The molecule has 3 fully saturated rings. The van der Waals surface area contributed by atoms with Gasteiger partial charge in [-0.15, -0.1) is 0 Å². The first-order valence-corrected chi connectivity index (χ1v) is 8.16. The number of carbonyl (C=O) groups excluding carboxylic acids is 1. The van der Waals surface area contributed by atoms with Gasteiger partial charge >= 0.3 is 0 Å². The lowest BCUT2D eigenvalue weighted by Gasteiger charge is -2.52. The van der Waals surface area contributed by atoms with Gasteiger partial charge in [0, 0.05) is 12.3 Å². The van der Waals surface area contributed by atoms with Crippen LogP contribution in [0.5, 0.6) is 0 Å². The maximum absolute atomic E-state index is 12.0. The Morgan fingerprint density at radius 2 is 1.95 bits per heavy atom. The van der Waals surface area contributed by atoms with Crippen LogP contribution in [0.15, 0.2) is 0 Å². The van der Waals surface area contributed by atoms with Crippen LogP contribution < -0.4 is 0 Å². The van der Waals surface area contributed by atoms with Gasteiger partial charge in [-0.3, -0.25) is 4.79 Å². The Kier molecular flexibility index (Phi) is 3.28. The van der Waals surface area contributed by atoms with E-state index in [0.29, 0.717) is 23.0 Å². The zero-order valence-corrected chi connectivity index (χ0v) is 12.6. The van der Waals surface area contributed by atoms with Gasteiger partial charge in [0.1, 0.15) is 5.78 Å². The number of hydrogen-bond acceptors (Lipinski definition) is 2. The standard InChI is InChI=1S/C17H28O2/c1-10-12-8-9-17(3)14(11(2)18)5-6-15(17)13(12)4-7-16(10)19/h10-15,18H,4-9H2,1-3H3/t10?,11?,12?,13?,14-,15+,17-/m1/s1. The van der Waals surface area contributed by atoms with Crippen molar-refractivity contribution in [2.75, 3.05) is 0 Å². The lowest BCUT2D eigenvalue weighted by atomic mass is 9.52. The lowest BCUT2D eigenvalue weighted by Crippen LogP contribution is -2.48. The van der Waals surface area contributed by atoms with Crippen LogP contribution in [0.2, 0.25) is 0 Å². The molecule has 7 atom stereocenters. The van der Waals surface area contributed by atoms with Gasteiger partial charge in [0.2, 0.25) is 0 Å². The third-order valence-electron chi connectivity index (χ3n) is 7.02. The average Bonchev–Trinajstić information content (AvgIpc) is 2.71. The second-order valence-corrected chi connectivity index (χ2v) is 7.70. The van der Waals surface area contributed by atoms with E-state index in [1.807, 2.05) is 6.92 Å². The Hall–Kier alpha value is -0.370. The van der Waals surface area contributed by atoms with Crippen molar-refractivity contribution in [3.05, 3.63) is 0 Å². The number of fused-ring (bicyclic) bond motifs is 3. The Balaban J connectivity index is 1.86.